The second kappa shape index (κ2) is 4.67. The first-order chi connectivity index (χ1) is 9.54. The topological polar surface area (TPSA) is 68.4 Å². The average Bonchev–Trinajstić information content (AvgIpc) is 2.39. The minimum absolute atomic E-state index is 0.130. The molecule has 0 bridgehead atoms. The normalized spacial score (nSPS) is 17.4. The summed E-state index contributed by atoms with van der Waals surface area (Å²) in [5.41, 5.74) is 2.58. The van der Waals surface area contributed by atoms with E-state index in [1.54, 1.807) is 6.07 Å². The Kier molecular flexibility index (Phi) is 2.97. The Morgan fingerprint density at radius 1 is 1.45 bits per heavy atom. The van der Waals surface area contributed by atoms with Crippen LogP contribution in [-0.4, -0.2) is 23.7 Å². The summed E-state index contributed by atoms with van der Waals surface area (Å²) >= 11 is 0. The molecule has 0 aliphatic carbocycles. The molecule has 1 atom stereocenters. The molecule has 104 valence electrons. The quantitative estimate of drug-likeness (QED) is 0.803. The predicted molar refractivity (Wildman–Crippen MR) is 74.1 cm³/mol. The monoisotopic (exact) mass is 273 g/mol. The Labute approximate surface area is 115 Å². The molecule has 2 aromatic rings. The molecule has 0 fully saturated rings. The van der Waals surface area contributed by atoms with Crippen molar-refractivity contribution in [1.82, 2.24) is 4.98 Å². The van der Waals surface area contributed by atoms with Crippen molar-refractivity contribution in [2.24, 2.45) is 0 Å². The van der Waals surface area contributed by atoms with Gasteiger partial charge in [0.25, 0.3) is 0 Å². The van der Waals surface area contributed by atoms with E-state index >= 15 is 0 Å². The van der Waals surface area contributed by atoms with Gasteiger partial charge in [-0.2, -0.15) is 0 Å². The highest BCUT2D eigenvalue weighted by molar-refractivity contribution is 5.85. The van der Waals surface area contributed by atoms with Gasteiger partial charge in [-0.25, -0.2) is 0 Å². The van der Waals surface area contributed by atoms with E-state index in [9.17, 15) is 9.59 Å². The Bertz CT molecular complexity index is 747. The van der Waals surface area contributed by atoms with Gasteiger partial charge >= 0.3 is 5.97 Å². The second-order valence-corrected chi connectivity index (χ2v) is 5.02. The molecule has 1 aliphatic heterocycles. The molecule has 0 saturated carbocycles. The number of ether oxygens (including phenoxy) is 2. The van der Waals surface area contributed by atoms with Gasteiger partial charge in [-0.05, 0) is 30.0 Å². The minimum atomic E-state index is -0.302. The van der Waals surface area contributed by atoms with Crippen molar-refractivity contribution in [1.29, 1.82) is 0 Å². The Balaban J connectivity index is 2.07. The molecule has 5 nitrogen and oxygen atoms in total. The van der Waals surface area contributed by atoms with Crippen LogP contribution in [0.15, 0.2) is 23.0 Å². The molecule has 20 heavy (non-hydrogen) atoms. The number of carbonyl (C=O) groups is 1. The predicted octanol–water partition coefficient (Wildman–Crippen LogP) is 1.70. The third-order valence-electron chi connectivity index (χ3n) is 3.48. The number of aromatic nitrogens is 1. The number of aryl methyl sites for hydroxylation is 1. The average molecular weight is 273 g/mol. The number of pyridine rings is 1. The number of hydrogen-bond donors (Lipinski definition) is 1. The summed E-state index contributed by atoms with van der Waals surface area (Å²) in [6, 6.07) is 5.27. The second-order valence-electron chi connectivity index (χ2n) is 5.02. The van der Waals surface area contributed by atoms with Gasteiger partial charge in [-0.1, -0.05) is 0 Å². The third kappa shape index (κ3) is 2.15. The van der Waals surface area contributed by atoms with Crippen molar-refractivity contribution >= 4 is 16.9 Å². The van der Waals surface area contributed by atoms with E-state index in [0.717, 1.165) is 27.8 Å². The number of aromatic amines is 1. The summed E-state index contributed by atoms with van der Waals surface area (Å²) in [7, 11) is 0. The van der Waals surface area contributed by atoms with E-state index in [4.69, 9.17) is 9.47 Å². The lowest BCUT2D eigenvalue weighted by Gasteiger charge is -2.26. The SMILES string of the molecule is CC(=O)OC1COc2c(cc3ccc(=O)[nH]c3c2C)C1. The zero-order valence-corrected chi connectivity index (χ0v) is 11.4. The zero-order valence-electron chi connectivity index (χ0n) is 11.4. The first-order valence-corrected chi connectivity index (χ1v) is 6.50. The van der Waals surface area contributed by atoms with Crippen LogP contribution in [0.2, 0.25) is 0 Å². The van der Waals surface area contributed by atoms with Gasteiger partial charge in [-0.3, -0.25) is 9.59 Å². The summed E-state index contributed by atoms with van der Waals surface area (Å²) in [5, 5.41) is 0.952. The number of carbonyl (C=O) groups excluding carboxylic acids is 1. The van der Waals surface area contributed by atoms with E-state index in [1.165, 1.54) is 13.0 Å². The Morgan fingerprint density at radius 3 is 3.00 bits per heavy atom. The summed E-state index contributed by atoms with van der Waals surface area (Å²) in [6.45, 7) is 3.66. The van der Waals surface area contributed by atoms with Gasteiger partial charge in [0, 0.05) is 25.0 Å². The molecule has 1 N–H and O–H groups in total. The van der Waals surface area contributed by atoms with Crippen molar-refractivity contribution in [2.75, 3.05) is 6.61 Å². The number of nitrogens with one attached hydrogen (secondary N) is 1. The van der Waals surface area contributed by atoms with E-state index in [2.05, 4.69) is 4.98 Å². The van der Waals surface area contributed by atoms with Gasteiger partial charge in [0.15, 0.2) is 0 Å². The Hall–Kier alpha value is -2.30. The summed E-state index contributed by atoms with van der Waals surface area (Å²) in [6.07, 6.45) is 0.379. The standard InChI is InChI=1S/C15H15NO4/c1-8-14-10(3-4-13(18)16-14)5-11-6-12(20-9(2)17)7-19-15(8)11/h3-5,12H,6-7H2,1-2H3,(H,16,18). The fourth-order valence-corrected chi connectivity index (χ4v) is 2.67. The summed E-state index contributed by atoms with van der Waals surface area (Å²) in [4.78, 5) is 25.3. The van der Waals surface area contributed by atoms with Crippen LogP contribution >= 0.6 is 0 Å². The molecular weight excluding hydrogens is 258 g/mol. The van der Waals surface area contributed by atoms with Crippen LogP contribution in [0, 0.1) is 6.92 Å². The largest absolute Gasteiger partial charge is 0.489 e. The number of H-pyrrole nitrogens is 1. The smallest absolute Gasteiger partial charge is 0.303 e. The van der Waals surface area contributed by atoms with E-state index in [-0.39, 0.29) is 17.6 Å². The van der Waals surface area contributed by atoms with Crippen molar-refractivity contribution in [3.63, 3.8) is 0 Å². The molecule has 0 amide bonds. The van der Waals surface area contributed by atoms with Crippen molar-refractivity contribution in [3.05, 3.63) is 39.7 Å². The van der Waals surface area contributed by atoms with Crippen molar-refractivity contribution in [2.45, 2.75) is 26.4 Å². The Morgan fingerprint density at radius 2 is 2.25 bits per heavy atom. The lowest BCUT2D eigenvalue weighted by Crippen LogP contribution is -2.30. The van der Waals surface area contributed by atoms with Crippen molar-refractivity contribution < 1.29 is 14.3 Å². The van der Waals surface area contributed by atoms with Crippen LogP contribution in [0.4, 0.5) is 0 Å². The first-order valence-electron chi connectivity index (χ1n) is 6.50. The lowest BCUT2D eigenvalue weighted by molar-refractivity contribution is -0.148. The van der Waals surface area contributed by atoms with Crippen LogP contribution < -0.4 is 10.3 Å². The molecule has 3 rings (SSSR count). The number of benzene rings is 1. The zero-order chi connectivity index (χ0) is 14.3. The molecule has 1 aromatic heterocycles. The highest BCUT2D eigenvalue weighted by atomic mass is 16.6. The van der Waals surface area contributed by atoms with E-state index in [1.807, 2.05) is 13.0 Å². The van der Waals surface area contributed by atoms with Crippen molar-refractivity contribution in [3.8, 4) is 5.75 Å². The molecular formula is C15H15NO4. The molecule has 1 aliphatic rings. The molecule has 0 radical (unpaired) electrons. The fourth-order valence-electron chi connectivity index (χ4n) is 2.67. The number of hydrogen-bond acceptors (Lipinski definition) is 4. The highest BCUT2D eigenvalue weighted by Gasteiger charge is 2.24. The van der Waals surface area contributed by atoms with Crippen LogP contribution in [-0.2, 0) is 16.0 Å². The molecule has 1 unspecified atom stereocenters. The van der Waals surface area contributed by atoms with E-state index < -0.39 is 0 Å². The molecule has 0 saturated heterocycles. The summed E-state index contributed by atoms with van der Waals surface area (Å²) < 4.78 is 10.9. The van der Waals surface area contributed by atoms with Crippen LogP contribution in [0.5, 0.6) is 5.75 Å². The molecule has 5 heteroatoms. The van der Waals surface area contributed by atoms with Gasteiger partial charge in [0.05, 0.1) is 5.52 Å². The molecule has 2 heterocycles. The molecule has 0 spiro atoms. The third-order valence-corrected chi connectivity index (χ3v) is 3.48. The maximum Gasteiger partial charge on any atom is 0.303 e. The number of fused-ring (bicyclic) bond motifs is 2. The summed E-state index contributed by atoms with van der Waals surface area (Å²) in [5.74, 6) is 0.478. The maximum atomic E-state index is 11.4. The number of esters is 1. The van der Waals surface area contributed by atoms with Crippen LogP contribution in [0.25, 0.3) is 10.9 Å². The fraction of sp³-hybridized carbons (Fsp3) is 0.333. The highest BCUT2D eigenvalue weighted by Crippen LogP contribution is 2.34. The number of rotatable bonds is 1. The van der Waals surface area contributed by atoms with Crippen LogP contribution in [0.1, 0.15) is 18.1 Å². The van der Waals surface area contributed by atoms with Gasteiger partial charge in [0.2, 0.25) is 5.56 Å². The maximum absolute atomic E-state index is 11.4. The lowest BCUT2D eigenvalue weighted by atomic mass is 9.98. The molecule has 1 aromatic carbocycles. The first kappa shape index (κ1) is 12.7. The van der Waals surface area contributed by atoms with Gasteiger partial charge < -0.3 is 14.5 Å². The van der Waals surface area contributed by atoms with E-state index in [0.29, 0.717) is 13.0 Å². The van der Waals surface area contributed by atoms with Gasteiger partial charge in [-0.15, -0.1) is 0 Å². The minimum Gasteiger partial charge on any atom is -0.489 e. The van der Waals surface area contributed by atoms with Crippen LogP contribution in [0.3, 0.4) is 0 Å². The van der Waals surface area contributed by atoms with Gasteiger partial charge in [0.1, 0.15) is 18.5 Å².